The molecule has 0 bridgehead atoms. The first-order valence-electron chi connectivity index (χ1n) is 5.62. The van der Waals surface area contributed by atoms with E-state index in [0.717, 1.165) is 25.0 Å². The molecule has 0 saturated heterocycles. The van der Waals surface area contributed by atoms with Crippen molar-refractivity contribution in [1.82, 2.24) is 4.90 Å². The van der Waals surface area contributed by atoms with Crippen LogP contribution in [-0.4, -0.2) is 62.7 Å². The minimum Gasteiger partial charge on any atom is -0.387 e. The second kappa shape index (κ2) is 7.24. The van der Waals surface area contributed by atoms with E-state index in [9.17, 15) is 0 Å². The summed E-state index contributed by atoms with van der Waals surface area (Å²) in [7, 11) is 7.63. The van der Waals surface area contributed by atoms with Gasteiger partial charge in [0, 0.05) is 21.5 Å². The minimum absolute atomic E-state index is 0. The maximum Gasteiger partial charge on any atom is 0.107 e. The highest BCUT2D eigenvalue weighted by Gasteiger charge is 2.31. The van der Waals surface area contributed by atoms with Crippen LogP contribution in [0.25, 0.3) is 0 Å². The maximum atomic E-state index is 9.10. The van der Waals surface area contributed by atoms with Crippen LogP contribution in [0.2, 0.25) is 0 Å². The van der Waals surface area contributed by atoms with Crippen LogP contribution in [0, 0.1) is 0 Å². The summed E-state index contributed by atoms with van der Waals surface area (Å²) in [6, 6.07) is 0. The van der Waals surface area contributed by atoms with Gasteiger partial charge in [-0.05, 0) is 41.2 Å². The molecule has 0 unspecified atom stereocenters. The molecule has 1 heterocycles. The van der Waals surface area contributed by atoms with Crippen molar-refractivity contribution in [2.24, 2.45) is 0 Å². The summed E-state index contributed by atoms with van der Waals surface area (Å²) in [6.07, 6.45) is 3.11. The third-order valence-electron chi connectivity index (χ3n) is 2.94. The number of likely N-dealkylation sites (N-methyl/N-ethyl adjacent to an activating group) is 1. The van der Waals surface area contributed by atoms with Gasteiger partial charge >= 0.3 is 0 Å². The van der Waals surface area contributed by atoms with E-state index in [4.69, 9.17) is 18.1 Å². The van der Waals surface area contributed by atoms with Gasteiger partial charge in [0.15, 0.2) is 0 Å². The predicted octanol–water partition coefficient (Wildman–Crippen LogP) is 0.522. The van der Waals surface area contributed by atoms with E-state index in [2.05, 4.69) is 18.0 Å². The van der Waals surface area contributed by atoms with Crippen molar-refractivity contribution in [2.75, 3.05) is 20.1 Å². The normalized spacial score (nSPS) is 17.5. The van der Waals surface area contributed by atoms with Crippen LogP contribution < -0.4 is 0 Å². The molecule has 0 aromatic heterocycles. The lowest BCUT2D eigenvalue weighted by Gasteiger charge is -2.31. The molecule has 3 nitrogen and oxygen atoms in total. The molecule has 5 heteroatoms. The van der Waals surface area contributed by atoms with Crippen molar-refractivity contribution in [3.8, 4) is 0 Å². The smallest absolute Gasteiger partial charge is 0.107 e. The van der Waals surface area contributed by atoms with E-state index in [1.54, 1.807) is 27.7 Å². The van der Waals surface area contributed by atoms with Crippen molar-refractivity contribution < 1.29 is 10.2 Å². The van der Waals surface area contributed by atoms with Crippen molar-refractivity contribution in [2.45, 2.75) is 45.3 Å². The zero-order valence-corrected chi connectivity index (χ0v) is 11.7. The highest BCUT2D eigenvalue weighted by atomic mass is 16.3. The molecule has 0 atom stereocenters. The van der Waals surface area contributed by atoms with Crippen LogP contribution in [0.3, 0.4) is 0 Å². The van der Waals surface area contributed by atoms with Gasteiger partial charge in [-0.25, -0.2) is 0 Å². The summed E-state index contributed by atoms with van der Waals surface area (Å²) >= 11 is 0. The molecule has 95 valence electrons. The third-order valence-corrected chi connectivity index (χ3v) is 2.94. The average Bonchev–Trinajstić information content (AvgIpc) is 2.08. The maximum absolute atomic E-state index is 9.10. The molecule has 2 N–H and O–H groups in total. The van der Waals surface area contributed by atoms with Gasteiger partial charge in [0.05, 0.1) is 11.2 Å². The van der Waals surface area contributed by atoms with E-state index in [-0.39, 0.29) is 8.41 Å². The van der Waals surface area contributed by atoms with Crippen LogP contribution in [0.4, 0.5) is 0 Å². The van der Waals surface area contributed by atoms with Crippen LogP contribution in [-0.2, 0) is 0 Å². The fourth-order valence-electron chi connectivity index (χ4n) is 0.786. The Kier molecular flexibility index (Phi) is 8.14. The van der Waals surface area contributed by atoms with Crippen molar-refractivity contribution in [3.05, 3.63) is 11.5 Å². The van der Waals surface area contributed by atoms with E-state index in [1.165, 1.54) is 0 Å². The lowest BCUT2D eigenvalue weighted by molar-refractivity contribution is -0.107. The molecule has 0 saturated carbocycles. The Morgan fingerprint density at radius 3 is 1.76 bits per heavy atom. The Morgan fingerprint density at radius 2 is 1.59 bits per heavy atom. The summed E-state index contributed by atoms with van der Waals surface area (Å²) in [6.45, 7) is 8.44. The topological polar surface area (TPSA) is 43.7 Å². The summed E-state index contributed by atoms with van der Waals surface area (Å²) in [5.74, 6) is 0. The third kappa shape index (κ3) is 8.47. The Balaban J connectivity index is 0. The summed E-state index contributed by atoms with van der Waals surface area (Å²) in [4.78, 5) is 2.25. The van der Waals surface area contributed by atoms with Crippen molar-refractivity contribution >= 4 is 16.3 Å². The lowest BCUT2D eigenvalue weighted by atomic mass is 9.90. The molecule has 0 aromatic carbocycles. The molecule has 0 spiro atoms. The second-order valence-electron chi connectivity index (χ2n) is 5.41. The molecule has 5 radical (unpaired) electrons. The second-order valence-corrected chi connectivity index (χ2v) is 5.41. The highest BCUT2D eigenvalue weighted by Crippen LogP contribution is 2.19. The number of rotatable bonds is 1. The molecular weight excluding hydrogens is 212 g/mol. The summed E-state index contributed by atoms with van der Waals surface area (Å²) in [5, 5.41) is 18.2. The average molecular weight is 236 g/mol. The Morgan fingerprint density at radius 1 is 1.18 bits per heavy atom. The van der Waals surface area contributed by atoms with Gasteiger partial charge in [0.25, 0.3) is 0 Å². The number of aliphatic hydroxyl groups is 2. The monoisotopic (exact) mass is 236 g/mol. The molecule has 0 aromatic rings. The van der Waals surface area contributed by atoms with Gasteiger partial charge in [0.1, 0.15) is 7.85 Å². The Labute approximate surface area is 109 Å². The fraction of sp³-hybridized carbons (Fsp3) is 0.833. The number of nitrogens with zero attached hydrogens (tertiary/aromatic N) is 1. The lowest BCUT2D eigenvalue weighted by Crippen LogP contribution is -2.44. The molecule has 0 aliphatic carbocycles. The standard InChI is InChI=1S/C6H10BN.C6H14O2.B/c1-8-4-2-6(7)3-5-8;1-5(2,7)6(3,4)8;/h2H,3-5H2,1H3;7-8H,1-4H3;. The van der Waals surface area contributed by atoms with Crippen molar-refractivity contribution in [1.29, 1.82) is 0 Å². The van der Waals surface area contributed by atoms with Crippen LogP contribution in [0.1, 0.15) is 34.1 Å². The fourth-order valence-corrected chi connectivity index (χ4v) is 0.786. The van der Waals surface area contributed by atoms with Gasteiger partial charge in [0.2, 0.25) is 0 Å². The predicted molar refractivity (Wildman–Crippen MR) is 74.3 cm³/mol. The summed E-state index contributed by atoms with van der Waals surface area (Å²) < 4.78 is 0. The zero-order valence-electron chi connectivity index (χ0n) is 11.7. The minimum atomic E-state index is -1.01. The Hall–Kier alpha value is -0.250. The van der Waals surface area contributed by atoms with Crippen molar-refractivity contribution in [3.63, 3.8) is 0 Å². The Bertz CT molecular complexity index is 230. The first-order valence-corrected chi connectivity index (χ1v) is 5.62. The largest absolute Gasteiger partial charge is 0.387 e. The van der Waals surface area contributed by atoms with E-state index < -0.39 is 11.2 Å². The number of hydrogen-bond donors (Lipinski definition) is 2. The SMILES string of the molecule is CC(C)(O)C(C)(C)O.[B].[B]C1=CCN(C)CC1. The first-order chi connectivity index (χ1) is 7.04. The van der Waals surface area contributed by atoms with Crippen LogP contribution in [0.5, 0.6) is 0 Å². The molecule has 0 fully saturated rings. The molecule has 1 aliphatic heterocycles. The van der Waals surface area contributed by atoms with Gasteiger partial charge in [-0.1, -0.05) is 6.08 Å². The van der Waals surface area contributed by atoms with Gasteiger partial charge < -0.3 is 15.1 Å². The highest BCUT2D eigenvalue weighted by molar-refractivity contribution is 6.21. The first kappa shape index (κ1) is 19.1. The van der Waals surface area contributed by atoms with Crippen LogP contribution in [0.15, 0.2) is 11.5 Å². The van der Waals surface area contributed by atoms with E-state index in [1.807, 2.05) is 0 Å². The quantitative estimate of drug-likeness (QED) is 0.652. The molecule has 0 amide bonds. The van der Waals surface area contributed by atoms with Crippen LogP contribution >= 0.6 is 0 Å². The van der Waals surface area contributed by atoms with Gasteiger partial charge in [-0.2, -0.15) is 0 Å². The molecule has 1 aliphatic rings. The molecule has 1 rings (SSSR count). The van der Waals surface area contributed by atoms with Gasteiger partial charge in [-0.3, -0.25) is 0 Å². The van der Waals surface area contributed by atoms with Gasteiger partial charge in [-0.15, -0.1) is 5.47 Å². The van der Waals surface area contributed by atoms with E-state index in [0.29, 0.717) is 0 Å². The molecule has 17 heavy (non-hydrogen) atoms. The number of hydrogen-bond acceptors (Lipinski definition) is 3. The van der Waals surface area contributed by atoms with E-state index >= 15 is 0 Å². The zero-order chi connectivity index (χ0) is 13.0. The molecular formula is C12H24B2NO2. The summed E-state index contributed by atoms with van der Waals surface area (Å²) in [5.41, 5.74) is -0.969.